The lowest BCUT2D eigenvalue weighted by Gasteiger charge is -2.05. The van der Waals surface area contributed by atoms with Crippen molar-refractivity contribution in [1.29, 1.82) is 0 Å². The van der Waals surface area contributed by atoms with E-state index in [0.29, 0.717) is 12.1 Å². The quantitative estimate of drug-likeness (QED) is 0.836. The molecule has 0 aliphatic heterocycles. The molecular weight excluding hydrogens is 242 g/mol. The normalized spacial score (nSPS) is 10.2. The van der Waals surface area contributed by atoms with Crippen LogP contribution in [-0.4, -0.2) is 17.4 Å². The Morgan fingerprint density at radius 3 is 2.89 bits per heavy atom. The molecule has 0 saturated carbocycles. The van der Waals surface area contributed by atoms with Crippen LogP contribution in [0.5, 0.6) is 0 Å². The fraction of sp³-hybridized carbons (Fsp3) is 0.286. The van der Waals surface area contributed by atoms with Crippen LogP contribution in [-0.2, 0) is 6.54 Å². The summed E-state index contributed by atoms with van der Waals surface area (Å²) >= 11 is 0. The molecule has 0 spiro atoms. The SMILES string of the molecule is CCCNc1ccc(C(=O)NCc2ccco2)cn1. The lowest BCUT2D eigenvalue weighted by Crippen LogP contribution is -2.22. The summed E-state index contributed by atoms with van der Waals surface area (Å²) in [6, 6.07) is 7.16. The monoisotopic (exact) mass is 259 g/mol. The van der Waals surface area contributed by atoms with Crippen LogP contribution in [0.4, 0.5) is 5.82 Å². The topological polar surface area (TPSA) is 67.2 Å². The van der Waals surface area contributed by atoms with Crippen LogP contribution in [0.25, 0.3) is 0 Å². The maximum absolute atomic E-state index is 11.9. The molecule has 100 valence electrons. The van der Waals surface area contributed by atoms with Gasteiger partial charge in [-0.25, -0.2) is 4.98 Å². The maximum atomic E-state index is 11.9. The number of aromatic nitrogens is 1. The van der Waals surface area contributed by atoms with Crippen molar-refractivity contribution < 1.29 is 9.21 Å². The Balaban J connectivity index is 1.88. The molecule has 0 bridgehead atoms. The Labute approximate surface area is 112 Å². The van der Waals surface area contributed by atoms with Crippen LogP contribution < -0.4 is 10.6 Å². The average Bonchev–Trinajstić information content (AvgIpc) is 2.96. The smallest absolute Gasteiger partial charge is 0.253 e. The predicted molar refractivity (Wildman–Crippen MR) is 72.9 cm³/mol. The van der Waals surface area contributed by atoms with Crippen LogP contribution >= 0.6 is 0 Å². The van der Waals surface area contributed by atoms with Gasteiger partial charge in [0.25, 0.3) is 5.91 Å². The van der Waals surface area contributed by atoms with E-state index in [-0.39, 0.29) is 5.91 Å². The van der Waals surface area contributed by atoms with Crippen LogP contribution in [0.2, 0.25) is 0 Å². The summed E-state index contributed by atoms with van der Waals surface area (Å²) in [5, 5.41) is 5.93. The van der Waals surface area contributed by atoms with Gasteiger partial charge in [-0.15, -0.1) is 0 Å². The van der Waals surface area contributed by atoms with Crippen molar-refractivity contribution in [3.63, 3.8) is 0 Å². The van der Waals surface area contributed by atoms with E-state index in [1.54, 1.807) is 30.7 Å². The van der Waals surface area contributed by atoms with E-state index in [1.165, 1.54) is 0 Å². The number of carbonyl (C=O) groups excluding carboxylic acids is 1. The van der Waals surface area contributed by atoms with Gasteiger partial charge in [-0.05, 0) is 30.7 Å². The maximum Gasteiger partial charge on any atom is 0.253 e. The van der Waals surface area contributed by atoms with Crippen molar-refractivity contribution in [3.05, 3.63) is 48.0 Å². The number of amides is 1. The van der Waals surface area contributed by atoms with Gasteiger partial charge in [0.15, 0.2) is 0 Å². The Bertz CT molecular complexity index is 506. The number of nitrogens with zero attached hydrogens (tertiary/aromatic N) is 1. The van der Waals surface area contributed by atoms with Crippen molar-refractivity contribution >= 4 is 11.7 Å². The molecule has 0 aromatic carbocycles. The Morgan fingerprint density at radius 1 is 1.37 bits per heavy atom. The van der Waals surface area contributed by atoms with Crippen molar-refractivity contribution in [3.8, 4) is 0 Å². The molecule has 2 heterocycles. The van der Waals surface area contributed by atoms with Crippen molar-refractivity contribution in [1.82, 2.24) is 10.3 Å². The zero-order valence-corrected chi connectivity index (χ0v) is 10.8. The van der Waals surface area contributed by atoms with E-state index in [1.807, 2.05) is 6.07 Å². The molecule has 0 fully saturated rings. The minimum absolute atomic E-state index is 0.161. The number of hydrogen-bond donors (Lipinski definition) is 2. The summed E-state index contributed by atoms with van der Waals surface area (Å²) in [4.78, 5) is 16.0. The number of anilines is 1. The highest BCUT2D eigenvalue weighted by atomic mass is 16.3. The second kappa shape index (κ2) is 6.58. The summed E-state index contributed by atoms with van der Waals surface area (Å²) in [7, 11) is 0. The Hall–Kier alpha value is -2.30. The van der Waals surface area contributed by atoms with Gasteiger partial charge in [-0.1, -0.05) is 6.92 Å². The third-order valence-corrected chi connectivity index (χ3v) is 2.59. The van der Waals surface area contributed by atoms with Gasteiger partial charge in [-0.2, -0.15) is 0 Å². The van der Waals surface area contributed by atoms with Gasteiger partial charge >= 0.3 is 0 Å². The molecule has 0 unspecified atom stereocenters. The van der Waals surface area contributed by atoms with Gasteiger partial charge in [0.2, 0.25) is 0 Å². The highest BCUT2D eigenvalue weighted by Gasteiger charge is 2.06. The first-order chi connectivity index (χ1) is 9.29. The first kappa shape index (κ1) is 13.1. The summed E-state index contributed by atoms with van der Waals surface area (Å²) in [5.74, 6) is 1.35. The molecule has 2 aromatic heterocycles. The first-order valence-corrected chi connectivity index (χ1v) is 6.30. The molecule has 1 amide bonds. The van der Waals surface area contributed by atoms with E-state index < -0.39 is 0 Å². The Morgan fingerprint density at radius 2 is 2.26 bits per heavy atom. The predicted octanol–water partition coefficient (Wildman–Crippen LogP) is 2.43. The summed E-state index contributed by atoms with van der Waals surface area (Å²) < 4.78 is 5.14. The van der Waals surface area contributed by atoms with E-state index >= 15 is 0 Å². The number of carbonyl (C=O) groups is 1. The zero-order valence-electron chi connectivity index (χ0n) is 10.8. The van der Waals surface area contributed by atoms with Gasteiger partial charge in [0.1, 0.15) is 11.6 Å². The molecule has 2 rings (SSSR count). The number of rotatable bonds is 6. The summed E-state index contributed by atoms with van der Waals surface area (Å²) in [6.07, 6.45) is 4.18. The minimum Gasteiger partial charge on any atom is -0.467 e. The number of pyridine rings is 1. The van der Waals surface area contributed by atoms with E-state index in [2.05, 4.69) is 22.5 Å². The van der Waals surface area contributed by atoms with Crippen molar-refractivity contribution in [2.45, 2.75) is 19.9 Å². The van der Waals surface area contributed by atoms with E-state index in [9.17, 15) is 4.79 Å². The van der Waals surface area contributed by atoms with Gasteiger partial charge in [0, 0.05) is 12.7 Å². The van der Waals surface area contributed by atoms with Crippen molar-refractivity contribution in [2.75, 3.05) is 11.9 Å². The highest BCUT2D eigenvalue weighted by molar-refractivity contribution is 5.93. The molecule has 5 heteroatoms. The molecule has 19 heavy (non-hydrogen) atoms. The molecule has 2 N–H and O–H groups in total. The largest absolute Gasteiger partial charge is 0.467 e. The molecule has 0 saturated heterocycles. The fourth-order valence-corrected chi connectivity index (χ4v) is 1.57. The summed E-state index contributed by atoms with van der Waals surface area (Å²) in [5.41, 5.74) is 0.536. The number of furan rings is 1. The molecule has 0 atom stereocenters. The van der Waals surface area contributed by atoms with Crippen molar-refractivity contribution in [2.24, 2.45) is 0 Å². The first-order valence-electron chi connectivity index (χ1n) is 6.30. The number of nitrogens with one attached hydrogen (secondary N) is 2. The third kappa shape index (κ3) is 3.84. The second-order valence-corrected chi connectivity index (χ2v) is 4.12. The standard InChI is InChI=1S/C14H17N3O2/c1-2-7-15-13-6-5-11(9-16-13)14(18)17-10-12-4-3-8-19-12/h3-6,8-9H,2,7,10H2,1H3,(H,15,16)(H,17,18). The van der Waals surface area contributed by atoms with Crippen LogP contribution in [0.1, 0.15) is 29.5 Å². The molecule has 5 nitrogen and oxygen atoms in total. The van der Waals surface area contributed by atoms with Gasteiger partial charge < -0.3 is 15.1 Å². The molecule has 0 aliphatic rings. The zero-order chi connectivity index (χ0) is 13.5. The van der Waals surface area contributed by atoms with Crippen LogP contribution in [0.15, 0.2) is 41.1 Å². The van der Waals surface area contributed by atoms with Crippen LogP contribution in [0, 0.1) is 0 Å². The van der Waals surface area contributed by atoms with E-state index in [0.717, 1.165) is 24.5 Å². The van der Waals surface area contributed by atoms with E-state index in [4.69, 9.17) is 4.42 Å². The second-order valence-electron chi connectivity index (χ2n) is 4.12. The Kier molecular flexibility index (Phi) is 4.55. The molecule has 2 aromatic rings. The van der Waals surface area contributed by atoms with Crippen LogP contribution in [0.3, 0.4) is 0 Å². The fourth-order valence-electron chi connectivity index (χ4n) is 1.57. The van der Waals surface area contributed by atoms with Gasteiger partial charge in [-0.3, -0.25) is 4.79 Å². The van der Waals surface area contributed by atoms with Gasteiger partial charge in [0.05, 0.1) is 18.4 Å². The lowest BCUT2D eigenvalue weighted by atomic mass is 10.2. The molecule has 0 aliphatic carbocycles. The third-order valence-electron chi connectivity index (χ3n) is 2.59. The molecular formula is C14H17N3O2. The lowest BCUT2D eigenvalue weighted by molar-refractivity contribution is 0.0947. The molecule has 0 radical (unpaired) electrons. The minimum atomic E-state index is -0.161. The summed E-state index contributed by atoms with van der Waals surface area (Å²) in [6.45, 7) is 3.34. The highest BCUT2D eigenvalue weighted by Crippen LogP contribution is 2.06. The average molecular weight is 259 g/mol. The number of hydrogen-bond acceptors (Lipinski definition) is 4.